The van der Waals surface area contributed by atoms with Crippen LogP contribution in [0.25, 0.3) is 0 Å². The van der Waals surface area contributed by atoms with E-state index in [1.165, 1.54) is 7.11 Å². The van der Waals surface area contributed by atoms with Crippen molar-refractivity contribution in [2.45, 2.75) is 64.3 Å². The monoisotopic (exact) mass is 406 g/mol. The smallest absolute Gasteiger partial charge is 0.407 e. The van der Waals surface area contributed by atoms with Crippen molar-refractivity contribution in [1.82, 2.24) is 10.6 Å². The van der Waals surface area contributed by atoms with Crippen LogP contribution in [-0.2, 0) is 25.6 Å². The van der Waals surface area contributed by atoms with E-state index in [2.05, 4.69) is 10.6 Å². The number of amides is 2. The van der Waals surface area contributed by atoms with E-state index in [4.69, 9.17) is 14.2 Å². The normalized spacial score (nSPS) is 21.6. The third kappa shape index (κ3) is 7.63. The Kier molecular flexibility index (Phi) is 7.87. The highest BCUT2D eigenvalue weighted by atomic mass is 16.6. The van der Waals surface area contributed by atoms with Crippen LogP contribution in [-0.4, -0.2) is 43.0 Å². The Morgan fingerprint density at radius 3 is 2.28 bits per heavy atom. The van der Waals surface area contributed by atoms with Gasteiger partial charge in [-0.15, -0.1) is 0 Å². The number of carbonyl (C=O) groups excluding carboxylic acids is 3. The summed E-state index contributed by atoms with van der Waals surface area (Å²) in [5.74, 6) is -0.679. The van der Waals surface area contributed by atoms with Gasteiger partial charge in [0.25, 0.3) is 0 Å². The lowest BCUT2D eigenvalue weighted by molar-refractivity contribution is -0.147. The lowest BCUT2D eigenvalue weighted by Crippen LogP contribution is -2.56. The summed E-state index contributed by atoms with van der Waals surface area (Å²) in [7, 11) is 1.34. The van der Waals surface area contributed by atoms with Crippen LogP contribution >= 0.6 is 0 Å². The predicted octanol–water partition coefficient (Wildman–Crippen LogP) is 3.15. The molecule has 3 atom stereocenters. The fourth-order valence-electron chi connectivity index (χ4n) is 3.26. The van der Waals surface area contributed by atoms with Crippen LogP contribution in [0, 0.1) is 5.92 Å². The number of ether oxygens (including phenoxy) is 3. The highest BCUT2D eigenvalue weighted by Crippen LogP contribution is 2.26. The summed E-state index contributed by atoms with van der Waals surface area (Å²) in [5, 5.41) is 5.58. The molecule has 1 fully saturated rings. The van der Waals surface area contributed by atoms with E-state index < -0.39 is 23.8 Å². The number of hydrogen-bond acceptors (Lipinski definition) is 6. The maximum Gasteiger partial charge on any atom is 0.407 e. The van der Waals surface area contributed by atoms with Gasteiger partial charge < -0.3 is 24.8 Å². The molecule has 8 heteroatoms. The predicted molar refractivity (Wildman–Crippen MR) is 106 cm³/mol. The Balaban J connectivity index is 1.98. The first-order valence-electron chi connectivity index (χ1n) is 9.72. The van der Waals surface area contributed by atoms with Crippen LogP contribution in [0.15, 0.2) is 30.3 Å². The Labute approximate surface area is 171 Å². The van der Waals surface area contributed by atoms with E-state index in [0.29, 0.717) is 19.3 Å². The van der Waals surface area contributed by atoms with E-state index in [0.717, 1.165) is 5.56 Å². The van der Waals surface area contributed by atoms with Crippen LogP contribution in [0.4, 0.5) is 9.59 Å². The minimum Gasteiger partial charge on any atom is -0.469 e. The Bertz CT molecular complexity index is 701. The average Bonchev–Trinajstić information content (AvgIpc) is 2.66. The molecule has 1 aromatic carbocycles. The summed E-state index contributed by atoms with van der Waals surface area (Å²) in [5.41, 5.74) is 0.229. The van der Waals surface area contributed by atoms with E-state index in [1.807, 2.05) is 30.3 Å². The van der Waals surface area contributed by atoms with Gasteiger partial charge in [-0.1, -0.05) is 30.3 Å². The van der Waals surface area contributed by atoms with Crippen LogP contribution in [0.1, 0.15) is 45.6 Å². The first-order valence-corrected chi connectivity index (χ1v) is 9.72. The molecule has 8 nitrogen and oxygen atoms in total. The van der Waals surface area contributed by atoms with Crippen molar-refractivity contribution < 1.29 is 28.6 Å². The summed E-state index contributed by atoms with van der Waals surface area (Å²) in [4.78, 5) is 36.4. The van der Waals surface area contributed by atoms with Crippen molar-refractivity contribution in [2.75, 3.05) is 7.11 Å². The van der Waals surface area contributed by atoms with E-state index in [9.17, 15) is 14.4 Å². The quantitative estimate of drug-likeness (QED) is 0.575. The molecular weight excluding hydrogens is 376 g/mol. The Hall–Kier alpha value is -2.77. The maximum absolute atomic E-state index is 12.3. The number of nitrogens with one attached hydrogen (secondary N) is 2. The van der Waals surface area contributed by atoms with Crippen LogP contribution in [0.5, 0.6) is 0 Å². The lowest BCUT2D eigenvalue weighted by Gasteiger charge is -2.36. The SMILES string of the molecule is COC(=O)[C@H]1CC[C@@H](NC(=O)OC(C)(C)C)[C@H](NC(=O)OCc2ccccc2)C1. The number of carbonyl (C=O) groups is 3. The van der Waals surface area contributed by atoms with Gasteiger partial charge in [0, 0.05) is 0 Å². The zero-order chi connectivity index (χ0) is 21.4. The van der Waals surface area contributed by atoms with E-state index in [-0.39, 0.29) is 24.5 Å². The molecular formula is C21H30N2O6. The van der Waals surface area contributed by atoms with Crippen LogP contribution < -0.4 is 10.6 Å². The molecule has 29 heavy (non-hydrogen) atoms. The Morgan fingerprint density at radius 2 is 1.66 bits per heavy atom. The number of benzene rings is 1. The molecule has 1 aromatic rings. The molecule has 0 saturated heterocycles. The lowest BCUT2D eigenvalue weighted by atomic mass is 9.82. The largest absolute Gasteiger partial charge is 0.469 e. The number of alkyl carbamates (subject to hydrolysis) is 2. The second kappa shape index (κ2) is 10.1. The average molecular weight is 406 g/mol. The third-order valence-corrected chi connectivity index (χ3v) is 4.60. The van der Waals surface area contributed by atoms with Crippen molar-refractivity contribution in [3.63, 3.8) is 0 Å². The van der Waals surface area contributed by atoms with Gasteiger partial charge in [0.05, 0.1) is 25.1 Å². The van der Waals surface area contributed by atoms with Gasteiger partial charge in [0.15, 0.2) is 0 Å². The number of methoxy groups -OCH3 is 1. The van der Waals surface area contributed by atoms with E-state index in [1.54, 1.807) is 20.8 Å². The molecule has 0 bridgehead atoms. The third-order valence-electron chi connectivity index (χ3n) is 4.60. The summed E-state index contributed by atoms with van der Waals surface area (Å²) in [6, 6.07) is 8.45. The first-order chi connectivity index (χ1) is 13.7. The fourth-order valence-corrected chi connectivity index (χ4v) is 3.26. The second-order valence-electron chi connectivity index (χ2n) is 8.10. The van der Waals surface area contributed by atoms with Gasteiger partial charge >= 0.3 is 18.2 Å². The summed E-state index contributed by atoms with van der Waals surface area (Å²) < 4.78 is 15.4. The van der Waals surface area contributed by atoms with Gasteiger partial charge in [0.1, 0.15) is 12.2 Å². The summed E-state index contributed by atoms with van der Waals surface area (Å²) in [6.45, 7) is 5.45. The molecule has 0 heterocycles. The molecule has 0 spiro atoms. The van der Waals surface area contributed by atoms with Gasteiger partial charge in [-0.05, 0) is 45.6 Å². The van der Waals surface area contributed by atoms with Crippen LogP contribution in [0.2, 0.25) is 0 Å². The van der Waals surface area contributed by atoms with Crippen LogP contribution in [0.3, 0.4) is 0 Å². The molecule has 1 saturated carbocycles. The highest BCUT2D eigenvalue weighted by Gasteiger charge is 2.37. The number of hydrogen-bond donors (Lipinski definition) is 2. The molecule has 0 aromatic heterocycles. The minimum absolute atomic E-state index is 0.129. The van der Waals surface area contributed by atoms with Crippen molar-refractivity contribution in [3.8, 4) is 0 Å². The fraction of sp³-hybridized carbons (Fsp3) is 0.571. The molecule has 2 rings (SSSR count). The molecule has 1 aliphatic rings. The number of esters is 1. The van der Waals surface area contributed by atoms with Crippen molar-refractivity contribution in [3.05, 3.63) is 35.9 Å². The second-order valence-corrected chi connectivity index (χ2v) is 8.10. The zero-order valence-corrected chi connectivity index (χ0v) is 17.4. The first kappa shape index (κ1) is 22.5. The molecule has 0 aliphatic heterocycles. The van der Waals surface area contributed by atoms with Crippen molar-refractivity contribution in [1.29, 1.82) is 0 Å². The zero-order valence-electron chi connectivity index (χ0n) is 17.4. The topological polar surface area (TPSA) is 103 Å². The molecule has 2 amide bonds. The number of rotatable bonds is 5. The van der Waals surface area contributed by atoms with Gasteiger partial charge in [-0.3, -0.25) is 4.79 Å². The van der Waals surface area contributed by atoms with E-state index >= 15 is 0 Å². The minimum atomic E-state index is -0.634. The van der Waals surface area contributed by atoms with Gasteiger partial charge in [-0.2, -0.15) is 0 Å². The summed E-state index contributed by atoms with van der Waals surface area (Å²) >= 11 is 0. The van der Waals surface area contributed by atoms with Crippen molar-refractivity contribution >= 4 is 18.2 Å². The highest BCUT2D eigenvalue weighted by molar-refractivity contribution is 5.73. The standard InChI is InChI=1S/C21H30N2O6/c1-21(2,3)29-20(26)22-16-11-10-15(18(24)27-4)12-17(16)23-19(25)28-13-14-8-6-5-7-9-14/h5-9,15-17H,10-13H2,1-4H3,(H,22,26)(H,23,25)/t15-,16+,17+/m0/s1. The molecule has 0 radical (unpaired) electrons. The molecule has 2 N–H and O–H groups in total. The van der Waals surface area contributed by atoms with Gasteiger partial charge in [-0.25, -0.2) is 9.59 Å². The summed E-state index contributed by atoms with van der Waals surface area (Å²) in [6.07, 6.45) is 0.212. The molecule has 0 unspecified atom stereocenters. The maximum atomic E-state index is 12.3. The van der Waals surface area contributed by atoms with Crippen molar-refractivity contribution in [2.24, 2.45) is 5.92 Å². The Morgan fingerprint density at radius 1 is 1.00 bits per heavy atom. The molecule has 1 aliphatic carbocycles. The molecule has 160 valence electrons. The van der Waals surface area contributed by atoms with Gasteiger partial charge in [0.2, 0.25) is 0 Å².